The van der Waals surface area contributed by atoms with Gasteiger partial charge in [-0.15, -0.1) is 5.11 Å². The Bertz CT molecular complexity index is 870. The molecule has 0 aliphatic heterocycles. The van der Waals surface area contributed by atoms with E-state index >= 15 is 0 Å². The molecule has 0 spiro atoms. The first-order valence-electron chi connectivity index (χ1n) is 6.67. The second-order valence-corrected chi connectivity index (χ2v) is 5.87. The molecule has 10 heteroatoms. The van der Waals surface area contributed by atoms with Crippen molar-refractivity contribution in [2.24, 2.45) is 10.3 Å². The zero-order valence-corrected chi connectivity index (χ0v) is 16.7. The minimum Gasteiger partial charge on any atom is -0.361 e. The van der Waals surface area contributed by atoms with Crippen molar-refractivity contribution in [3.63, 3.8) is 0 Å². The van der Waals surface area contributed by atoms with E-state index in [1.165, 1.54) is 35.3 Å². The van der Waals surface area contributed by atoms with Gasteiger partial charge in [0.05, 0.1) is 11.3 Å². The van der Waals surface area contributed by atoms with Gasteiger partial charge in [-0.25, -0.2) is 0 Å². The summed E-state index contributed by atoms with van der Waals surface area (Å²) in [6.07, 6.45) is 0. The van der Waals surface area contributed by atoms with Crippen LogP contribution in [0.4, 0.5) is 5.69 Å². The van der Waals surface area contributed by atoms with Crippen LogP contribution in [0.1, 0.15) is 15.9 Å². The van der Waals surface area contributed by atoms with Gasteiger partial charge < -0.3 is 4.18 Å². The first-order valence-corrected chi connectivity index (χ1v) is 8.03. The molecular formula is C15H14N3NaO5S. The largest absolute Gasteiger partial charge is 1.00 e. The van der Waals surface area contributed by atoms with Crippen molar-refractivity contribution in [2.45, 2.75) is 0 Å². The van der Waals surface area contributed by atoms with Gasteiger partial charge in [0, 0.05) is 20.2 Å². The van der Waals surface area contributed by atoms with Gasteiger partial charge in [0.25, 0.3) is 0 Å². The van der Waals surface area contributed by atoms with Crippen molar-refractivity contribution in [3.05, 3.63) is 59.7 Å². The molecule has 8 nitrogen and oxygen atoms in total. The molecule has 0 unspecified atom stereocenters. The van der Waals surface area contributed by atoms with Crippen molar-refractivity contribution in [2.75, 3.05) is 14.1 Å². The van der Waals surface area contributed by atoms with Crippen LogP contribution in [0, 0.1) is 6.07 Å². The molecule has 0 aromatic heterocycles. The Hall–Kier alpha value is -1.78. The fourth-order valence-corrected chi connectivity index (χ4v) is 2.14. The van der Waals surface area contributed by atoms with Crippen molar-refractivity contribution in [1.29, 1.82) is 0 Å². The standard InChI is InChI=1S/C15H14N3O5S.Na/c1-18(2)17-16-12-8-9-13(14(10-12)23-24(20,21)22)15(19)11-6-4-3-5-7-11;/h4-10H,1-2H3,(H,20,21,22);/q-1;+1. The molecular weight excluding hydrogens is 357 g/mol. The average Bonchev–Trinajstić information content (AvgIpc) is 2.52. The quantitative estimate of drug-likeness (QED) is 0.183. The van der Waals surface area contributed by atoms with Crippen LogP contribution < -0.4 is 33.7 Å². The number of nitrogens with zero attached hydrogens (tertiary/aromatic N) is 3. The molecule has 126 valence electrons. The van der Waals surface area contributed by atoms with Crippen LogP contribution in [0.3, 0.4) is 0 Å². The number of carbonyl (C=O) groups excluding carboxylic acids is 1. The van der Waals surface area contributed by atoms with E-state index in [9.17, 15) is 13.2 Å². The van der Waals surface area contributed by atoms with Crippen molar-refractivity contribution in [1.82, 2.24) is 5.01 Å². The second-order valence-electron chi connectivity index (χ2n) is 4.85. The summed E-state index contributed by atoms with van der Waals surface area (Å²) in [5.74, 6) is -0.815. The normalized spacial score (nSPS) is 11.0. The number of rotatable bonds is 6. The molecule has 1 N–H and O–H groups in total. The van der Waals surface area contributed by atoms with Crippen LogP contribution >= 0.6 is 0 Å². The summed E-state index contributed by atoms with van der Waals surface area (Å²) >= 11 is 0. The summed E-state index contributed by atoms with van der Waals surface area (Å²) in [6, 6.07) is 13.0. The minimum atomic E-state index is -4.80. The molecule has 0 amide bonds. The van der Waals surface area contributed by atoms with Crippen molar-refractivity contribution >= 4 is 21.9 Å². The number of benzene rings is 2. The van der Waals surface area contributed by atoms with Gasteiger partial charge in [-0.2, -0.15) is 38.7 Å². The molecule has 0 radical (unpaired) electrons. The molecule has 0 bridgehead atoms. The van der Waals surface area contributed by atoms with E-state index in [1.54, 1.807) is 26.2 Å². The molecule has 2 rings (SSSR count). The summed E-state index contributed by atoms with van der Waals surface area (Å²) in [4.78, 5) is 12.5. The number of hydrogen-bond acceptors (Lipinski definition) is 6. The van der Waals surface area contributed by atoms with Crippen LogP contribution in [-0.2, 0) is 10.4 Å². The molecule has 0 atom stereocenters. The van der Waals surface area contributed by atoms with Crippen molar-refractivity contribution < 1.29 is 51.5 Å². The van der Waals surface area contributed by atoms with Crippen LogP contribution in [-0.4, -0.2) is 37.9 Å². The van der Waals surface area contributed by atoms with E-state index in [4.69, 9.17) is 4.55 Å². The van der Waals surface area contributed by atoms with Gasteiger partial charge in [0.1, 0.15) is 0 Å². The zero-order chi connectivity index (χ0) is 17.7. The Morgan fingerprint density at radius 3 is 2.40 bits per heavy atom. The third-order valence-electron chi connectivity index (χ3n) is 2.72. The van der Waals surface area contributed by atoms with Gasteiger partial charge in [0.2, 0.25) is 0 Å². The number of carbonyl (C=O) groups is 1. The topological polar surface area (TPSA) is 109 Å². The van der Waals surface area contributed by atoms with E-state index in [0.717, 1.165) is 0 Å². The van der Waals surface area contributed by atoms with Crippen LogP contribution in [0.5, 0.6) is 5.75 Å². The Balaban J connectivity index is 0.00000312. The zero-order valence-electron chi connectivity index (χ0n) is 13.9. The van der Waals surface area contributed by atoms with Crippen LogP contribution in [0.15, 0.2) is 52.8 Å². The monoisotopic (exact) mass is 371 g/mol. The first-order chi connectivity index (χ1) is 11.3. The average molecular weight is 371 g/mol. The van der Waals surface area contributed by atoms with E-state index in [1.807, 2.05) is 0 Å². The Morgan fingerprint density at radius 2 is 1.84 bits per heavy atom. The first kappa shape index (κ1) is 21.3. The summed E-state index contributed by atoms with van der Waals surface area (Å²) in [5.41, 5.74) is 0.527. The third-order valence-corrected chi connectivity index (χ3v) is 3.11. The molecule has 0 fully saturated rings. The van der Waals surface area contributed by atoms with Gasteiger partial charge >= 0.3 is 40.0 Å². The smallest absolute Gasteiger partial charge is 0.361 e. The molecule has 0 saturated heterocycles. The molecule has 0 heterocycles. The van der Waals surface area contributed by atoms with Gasteiger partial charge in [0.15, 0.2) is 11.5 Å². The fourth-order valence-electron chi connectivity index (χ4n) is 1.78. The molecule has 2 aromatic rings. The maximum absolute atomic E-state index is 12.5. The summed E-state index contributed by atoms with van der Waals surface area (Å²) in [6.45, 7) is 0. The second kappa shape index (κ2) is 9.07. The predicted octanol–water partition coefficient (Wildman–Crippen LogP) is -0.536. The molecule has 0 aliphatic rings. The van der Waals surface area contributed by atoms with Gasteiger partial charge in [-0.1, -0.05) is 10.8 Å². The molecule has 0 saturated carbocycles. The molecule has 25 heavy (non-hydrogen) atoms. The van der Waals surface area contributed by atoms with Crippen molar-refractivity contribution in [3.8, 4) is 5.75 Å². The van der Waals surface area contributed by atoms with Crippen LogP contribution in [0.2, 0.25) is 0 Å². The van der Waals surface area contributed by atoms with Gasteiger partial charge in [-0.05, 0) is 12.1 Å². The van der Waals surface area contributed by atoms with E-state index in [-0.39, 0.29) is 46.6 Å². The third kappa shape index (κ3) is 6.56. The molecule has 2 aromatic carbocycles. The molecule has 0 aliphatic carbocycles. The number of hydrogen-bond donors (Lipinski definition) is 1. The maximum atomic E-state index is 12.5. The summed E-state index contributed by atoms with van der Waals surface area (Å²) in [5, 5.41) is 9.05. The fraction of sp³-hybridized carbons (Fsp3) is 0.133. The van der Waals surface area contributed by atoms with E-state index < -0.39 is 16.2 Å². The Morgan fingerprint density at radius 1 is 1.20 bits per heavy atom. The van der Waals surface area contributed by atoms with E-state index in [0.29, 0.717) is 5.56 Å². The SMILES string of the molecule is CN(C)N=Nc1ccc(C(=O)c2cc[c-]cc2)c(OS(=O)(=O)O)c1.[Na+]. The van der Waals surface area contributed by atoms with E-state index in [2.05, 4.69) is 20.6 Å². The summed E-state index contributed by atoms with van der Waals surface area (Å²) < 4.78 is 35.5. The van der Waals surface area contributed by atoms with Gasteiger partial charge in [-0.3, -0.25) is 14.4 Å². The Labute approximate surface area is 167 Å². The minimum absolute atomic E-state index is 0. The Kier molecular flexibility index (Phi) is 7.71. The number of ketones is 1. The summed E-state index contributed by atoms with van der Waals surface area (Å²) in [7, 11) is -1.49. The predicted molar refractivity (Wildman–Crippen MR) is 85.5 cm³/mol. The van der Waals surface area contributed by atoms with Crippen LogP contribution in [0.25, 0.3) is 0 Å². The maximum Gasteiger partial charge on any atom is 1.00 e.